The maximum absolute atomic E-state index is 6.21. The number of aromatic nitrogens is 1. The summed E-state index contributed by atoms with van der Waals surface area (Å²) in [5, 5.41) is 3.76. The Labute approximate surface area is 102 Å². The smallest absolute Gasteiger partial charge is 0.147 e. The summed E-state index contributed by atoms with van der Waals surface area (Å²) >= 11 is 6.21. The zero-order chi connectivity index (χ0) is 12.0. The van der Waals surface area contributed by atoms with E-state index in [0.717, 1.165) is 31.0 Å². The van der Waals surface area contributed by atoms with E-state index >= 15 is 0 Å². The fraction of sp³-hybridized carbons (Fsp3) is 0.417. The van der Waals surface area contributed by atoms with Gasteiger partial charge in [0.2, 0.25) is 0 Å². The highest BCUT2D eigenvalue weighted by Gasteiger charge is 2.09. The van der Waals surface area contributed by atoms with Crippen LogP contribution in [0.4, 0.5) is 5.82 Å². The molecular formula is C12H18ClN3. The second-order valence-electron chi connectivity index (χ2n) is 3.51. The second kappa shape index (κ2) is 6.51. The van der Waals surface area contributed by atoms with Crippen molar-refractivity contribution in [3.63, 3.8) is 0 Å². The van der Waals surface area contributed by atoms with E-state index < -0.39 is 0 Å². The predicted octanol–water partition coefficient (Wildman–Crippen LogP) is 2.47. The number of nitrogens with one attached hydrogen (secondary N) is 1. The second-order valence-corrected chi connectivity index (χ2v) is 3.91. The molecule has 0 aliphatic heterocycles. The zero-order valence-electron chi connectivity index (χ0n) is 9.83. The molecular weight excluding hydrogens is 222 g/mol. The topological polar surface area (TPSA) is 28.2 Å². The maximum Gasteiger partial charge on any atom is 0.147 e. The molecule has 0 saturated carbocycles. The van der Waals surface area contributed by atoms with Gasteiger partial charge < -0.3 is 10.2 Å². The summed E-state index contributed by atoms with van der Waals surface area (Å²) in [6.07, 6.45) is 3.70. The van der Waals surface area contributed by atoms with Gasteiger partial charge in [-0.1, -0.05) is 17.7 Å². The van der Waals surface area contributed by atoms with Crippen LogP contribution in [-0.4, -0.2) is 25.1 Å². The van der Waals surface area contributed by atoms with Crippen molar-refractivity contribution in [3.05, 3.63) is 35.5 Å². The monoisotopic (exact) mass is 239 g/mol. The zero-order valence-corrected chi connectivity index (χ0v) is 10.6. The van der Waals surface area contributed by atoms with Crippen LogP contribution in [0.15, 0.2) is 24.9 Å². The van der Waals surface area contributed by atoms with E-state index in [4.69, 9.17) is 11.6 Å². The molecule has 0 fully saturated rings. The van der Waals surface area contributed by atoms with Crippen molar-refractivity contribution in [2.75, 3.05) is 25.0 Å². The Morgan fingerprint density at radius 2 is 2.38 bits per heavy atom. The number of halogens is 1. The molecule has 0 aliphatic rings. The Morgan fingerprint density at radius 1 is 1.62 bits per heavy atom. The molecule has 0 spiro atoms. The van der Waals surface area contributed by atoms with Crippen LogP contribution >= 0.6 is 11.6 Å². The Bertz CT molecular complexity index is 352. The van der Waals surface area contributed by atoms with Gasteiger partial charge in [-0.3, -0.25) is 0 Å². The molecule has 0 bridgehead atoms. The average molecular weight is 240 g/mol. The first kappa shape index (κ1) is 13.0. The lowest BCUT2D eigenvalue weighted by Crippen LogP contribution is -2.24. The Hall–Kier alpha value is -1.06. The highest BCUT2D eigenvalue weighted by Crippen LogP contribution is 2.23. The van der Waals surface area contributed by atoms with Crippen LogP contribution < -0.4 is 10.2 Å². The number of hydrogen-bond donors (Lipinski definition) is 1. The van der Waals surface area contributed by atoms with Gasteiger partial charge in [-0.2, -0.15) is 0 Å². The highest BCUT2D eigenvalue weighted by molar-refractivity contribution is 6.33. The van der Waals surface area contributed by atoms with Gasteiger partial charge in [0, 0.05) is 25.8 Å². The molecule has 0 amide bonds. The largest absolute Gasteiger partial charge is 0.352 e. The standard InChI is InChI=1S/C12H18ClN3/c1-4-6-16(5-2)12-11(13)7-10(8-14-3)9-15-12/h4,7,9,14H,1,5-6,8H2,2-3H3. The minimum absolute atomic E-state index is 0.691. The average Bonchev–Trinajstić information content (AvgIpc) is 2.27. The van der Waals surface area contributed by atoms with E-state index in [1.54, 1.807) is 0 Å². The van der Waals surface area contributed by atoms with Crippen molar-refractivity contribution in [2.24, 2.45) is 0 Å². The van der Waals surface area contributed by atoms with Crippen LogP contribution in [0.25, 0.3) is 0 Å². The Balaban J connectivity index is 2.91. The molecule has 1 N–H and O–H groups in total. The van der Waals surface area contributed by atoms with Crippen molar-refractivity contribution in [3.8, 4) is 0 Å². The van der Waals surface area contributed by atoms with Gasteiger partial charge in [0.15, 0.2) is 0 Å². The molecule has 1 aromatic rings. The lowest BCUT2D eigenvalue weighted by atomic mass is 10.2. The molecule has 3 nitrogen and oxygen atoms in total. The molecule has 1 rings (SSSR count). The van der Waals surface area contributed by atoms with Crippen LogP contribution in [0.5, 0.6) is 0 Å². The first-order chi connectivity index (χ1) is 7.72. The van der Waals surface area contributed by atoms with E-state index in [0.29, 0.717) is 5.02 Å². The molecule has 0 atom stereocenters. The molecule has 0 aliphatic carbocycles. The summed E-state index contributed by atoms with van der Waals surface area (Å²) in [4.78, 5) is 6.47. The van der Waals surface area contributed by atoms with Crippen molar-refractivity contribution >= 4 is 17.4 Å². The van der Waals surface area contributed by atoms with E-state index in [-0.39, 0.29) is 0 Å². The molecule has 88 valence electrons. The predicted molar refractivity (Wildman–Crippen MR) is 70.1 cm³/mol. The van der Waals surface area contributed by atoms with E-state index in [9.17, 15) is 0 Å². The highest BCUT2D eigenvalue weighted by atomic mass is 35.5. The molecule has 0 unspecified atom stereocenters. The minimum atomic E-state index is 0.691. The molecule has 0 aromatic carbocycles. The van der Waals surface area contributed by atoms with Crippen molar-refractivity contribution in [1.82, 2.24) is 10.3 Å². The summed E-state index contributed by atoms with van der Waals surface area (Å²) < 4.78 is 0. The maximum atomic E-state index is 6.21. The number of likely N-dealkylation sites (N-methyl/N-ethyl adjacent to an activating group) is 1. The summed E-state index contributed by atoms with van der Waals surface area (Å²) in [7, 11) is 1.90. The van der Waals surface area contributed by atoms with E-state index in [1.165, 1.54) is 0 Å². The van der Waals surface area contributed by atoms with Gasteiger partial charge in [0.05, 0.1) is 5.02 Å². The molecule has 4 heteroatoms. The van der Waals surface area contributed by atoms with E-state index in [2.05, 4.69) is 28.7 Å². The molecule has 16 heavy (non-hydrogen) atoms. The van der Waals surface area contributed by atoms with Crippen LogP contribution in [-0.2, 0) is 6.54 Å². The van der Waals surface area contributed by atoms with Crippen molar-refractivity contribution in [1.29, 1.82) is 0 Å². The molecule has 0 radical (unpaired) electrons. The van der Waals surface area contributed by atoms with E-state index in [1.807, 2.05) is 25.4 Å². The normalized spacial score (nSPS) is 10.2. The van der Waals surface area contributed by atoms with Crippen molar-refractivity contribution < 1.29 is 0 Å². The fourth-order valence-corrected chi connectivity index (χ4v) is 1.83. The SMILES string of the molecule is C=CCN(CC)c1ncc(CNC)cc1Cl. The van der Waals surface area contributed by atoms with Crippen LogP contribution in [0.2, 0.25) is 5.02 Å². The number of pyridine rings is 1. The van der Waals surface area contributed by atoms with Gasteiger partial charge >= 0.3 is 0 Å². The number of nitrogens with zero attached hydrogens (tertiary/aromatic N) is 2. The summed E-state index contributed by atoms with van der Waals surface area (Å²) in [6, 6.07) is 1.95. The lowest BCUT2D eigenvalue weighted by molar-refractivity contribution is 0.809. The number of hydrogen-bond acceptors (Lipinski definition) is 3. The first-order valence-electron chi connectivity index (χ1n) is 5.37. The van der Waals surface area contributed by atoms with Crippen LogP contribution in [0.1, 0.15) is 12.5 Å². The summed E-state index contributed by atoms with van der Waals surface area (Å²) in [5.74, 6) is 0.823. The Morgan fingerprint density at radius 3 is 2.88 bits per heavy atom. The third kappa shape index (κ3) is 3.22. The van der Waals surface area contributed by atoms with Crippen LogP contribution in [0.3, 0.4) is 0 Å². The third-order valence-electron chi connectivity index (χ3n) is 2.29. The van der Waals surface area contributed by atoms with Gasteiger partial charge in [-0.15, -0.1) is 6.58 Å². The quantitative estimate of drug-likeness (QED) is 0.773. The van der Waals surface area contributed by atoms with Crippen molar-refractivity contribution in [2.45, 2.75) is 13.5 Å². The lowest BCUT2D eigenvalue weighted by Gasteiger charge is -2.21. The molecule has 0 saturated heterocycles. The Kier molecular flexibility index (Phi) is 5.29. The minimum Gasteiger partial charge on any atom is -0.352 e. The van der Waals surface area contributed by atoms with Gasteiger partial charge in [0.25, 0.3) is 0 Å². The van der Waals surface area contributed by atoms with Gasteiger partial charge in [0.1, 0.15) is 5.82 Å². The molecule has 1 heterocycles. The molecule has 1 aromatic heterocycles. The first-order valence-corrected chi connectivity index (χ1v) is 5.75. The number of rotatable bonds is 6. The fourth-order valence-electron chi connectivity index (χ4n) is 1.52. The summed E-state index contributed by atoms with van der Waals surface area (Å²) in [6.45, 7) is 8.20. The van der Waals surface area contributed by atoms with Gasteiger partial charge in [-0.25, -0.2) is 4.98 Å². The van der Waals surface area contributed by atoms with Crippen LogP contribution in [0, 0.1) is 0 Å². The summed E-state index contributed by atoms with van der Waals surface area (Å²) in [5.41, 5.74) is 1.09. The van der Waals surface area contributed by atoms with Gasteiger partial charge in [-0.05, 0) is 25.6 Å². The third-order valence-corrected chi connectivity index (χ3v) is 2.57. The number of anilines is 1.